The van der Waals surface area contributed by atoms with E-state index in [-0.39, 0.29) is 17.8 Å². The highest BCUT2D eigenvalue weighted by Crippen LogP contribution is 2.34. The Kier molecular flexibility index (Phi) is 2.83. The molecule has 0 saturated heterocycles. The molecule has 0 spiro atoms. The van der Waals surface area contributed by atoms with Crippen molar-refractivity contribution in [3.63, 3.8) is 0 Å². The third-order valence-corrected chi connectivity index (χ3v) is 2.41. The number of aliphatic carboxylic acids is 2. The van der Waals surface area contributed by atoms with Gasteiger partial charge in [0.15, 0.2) is 0 Å². The molecular weight excluding hydrogens is 200 g/mol. The zero-order chi connectivity index (χ0) is 11.6. The molecule has 0 radical (unpaired) electrons. The zero-order valence-corrected chi connectivity index (χ0v) is 8.48. The first-order valence-corrected chi connectivity index (χ1v) is 4.34. The molecule has 0 aliphatic heterocycles. The van der Waals surface area contributed by atoms with E-state index in [1.807, 2.05) is 0 Å². The van der Waals surface area contributed by atoms with E-state index in [2.05, 4.69) is 0 Å². The molecule has 5 nitrogen and oxygen atoms in total. The van der Waals surface area contributed by atoms with Gasteiger partial charge in [0, 0.05) is 6.42 Å². The van der Waals surface area contributed by atoms with Gasteiger partial charge in [-0.2, -0.15) is 0 Å². The van der Waals surface area contributed by atoms with Gasteiger partial charge in [-0.25, -0.2) is 4.79 Å². The summed E-state index contributed by atoms with van der Waals surface area (Å²) in [5.41, 5.74) is -1.18. The topological polar surface area (TPSA) is 83.8 Å². The van der Waals surface area contributed by atoms with Crippen LogP contribution in [-0.4, -0.2) is 29.3 Å². The van der Waals surface area contributed by atoms with E-state index in [1.54, 1.807) is 0 Å². The largest absolute Gasteiger partial charge is 0.496 e. The fraction of sp³-hybridized carbons (Fsp3) is 0.400. The van der Waals surface area contributed by atoms with Gasteiger partial charge in [-0.1, -0.05) is 6.08 Å². The maximum Gasteiger partial charge on any atom is 0.335 e. The van der Waals surface area contributed by atoms with Gasteiger partial charge in [-0.15, -0.1) is 0 Å². The Morgan fingerprint density at radius 1 is 1.47 bits per heavy atom. The van der Waals surface area contributed by atoms with Crippen LogP contribution in [-0.2, 0) is 14.3 Å². The third kappa shape index (κ3) is 2.01. The standard InChI is InChI=1S/C10H12O5/c1-10(9(13)14)4-3-7(15-2)6(5-10)8(11)12/h3-4H,5H2,1-2H3,(H,11,12)(H,13,14). The van der Waals surface area contributed by atoms with Gasteiger partial charge in [-0.05, 0) is 13.0 Å². The Labute approximate surface area is 86.7 Å². The van der Waals surface area contributed by atoms with Gasteiger partial charge in [-0.3, -0.25) is 4.79 Å². The number of methoxy groups -OCH3 is 1. The number of allylic oxidation sites excluding steroid dienone is 1. The van der Waals surface area contributed by atoms with Crippen LogP contribution in [0, 0.1) is 5.41 Å². The maximum absolute atomic E-state index is 10.9. The average molecular weight is 212 g/mol. The molecule has 0 bridgehead atoms. The number of hydrogen-bond acceptors (Lipinski definition) is 3. The highest BCUT2D eigenvalue weighted by atomic mass is 16.5. The number of ether oxygens (including phenoxy) is 1. The molecular formula is C10H12O5. The van der Waals surface area contributed by atoms with Crippen LogP contribution in [0.15, 0.2) is 23.5 Å². The second-order valence-electron chi connectivity index (χ2n) is 3.58. The molecule has 0 aromatic carbocycles. The molecule has 0 aromatic rings. The lowest BCUT2D eigenvalue weighted by molar-refractivity contribution is -0.145. The Bertz CT molecular complexity index is 366. The number of hydrogen-bond donors (Lipinski definition) is 2. The van der Waals surface area contributed by atoms with Crippen LogP contribution in [0.4, 0.5) is 0 Å². The normalized spacial score (nSPS) is 25.2. The van der Waals surface area contributed by atoms with E-state index < -0.39 is 17.4 Å². The summed E-state index contributed by atoms with van der Waals surface area (Å²) in [5, 5.41) is 17.8. The first kappa shape index (κ1) is 11.3. The first-order valence-electron chi connectivity index (χ1n) is 4.34. The summed E-state index contributed by atoms with van der Waals surface area (Å²) in [4.78, 5) is 21.8. The Morgan fingerprint density at radius 2 is 2.07 bits per heavy atom. The molecule has 5 heteroatoms. The fourth-order valence-corrected chi connectivity index (χ4v) is 1.39. The summed E-state index contributed by atoms with van der Waals surface area (Å²) in [6.45, 7) is 1.47. The Balaban J connectivity index is 3.10. The first-order chi connectivity index (χ1) is 6.90. The van der Waals surface area contributed by atoms with E-state index in [0.717, 1.165) is 0 Å². The van der Waals surface area contributed by atoms with E-state index in [9.17, 15) is 9.59 Å². The maximum atomic E-state index is 10.9. The number of rotatable bonds is 3. The number of carboxylic acids is 2. The molecule has 0 saturated carbocycles. The van der Waals surface area contributed by atoms with Gasteiger partial charge in [0.2, 0.25) is 0 Å². The van der Waals surface area contributed by atoms with Gasteiger partial charge in [0.1, 0.15) is 5.76 Å². The van der Waals surface area contributed by atoms with Crippen molar-refractivity contribution in [2.24, 2.45) is 5.41 Å². The van der Waals surface area contributed by atoms with Gasteiger partial charge >= 0.3 is 11.9 Å². The molecule has 2 N–H and O–H groups in total. The highest BCUT2D eigenvalue weighted by molar-refractivity contribution is 5.90. The van der Waals surface area contributed by atoms with Crippen molar-refractivity contribution in [2.75, 3.05) is 7.11 Å². The molecule has 1 atom stereocenters. The van der Waals surface area contributed by atoms with E-state index in [1.165, 1.54) is 26.2 Å². The lowest BCUT2D eigenvalue weighted by atomic mass is 9.79. The van der Waals surface area contributed by atoms with Gasteiger partial charge in [0.25, 0.3) is 0 Å². The van der Waals surface area contributed by atoms with Crippen molar-refractivity contribution in [3.05, 3.63) is 23.5 Å². The molecule has 0 amide bonds. The minimum atomic E-state index is -1.17. The van der Waals surface area contributed by atoms with Crippen molar-refractivity contribution in [2.45, 2.75) is 13.3 Å². The molecule has 0 aromatic heterocycles. The summed E-state index contributed by atoms with van der Waals surface area (Å²) in [5.74, 6) is -1.99. The van der Waals surface area contributed by atoms with Crippen LogP contribution >= 0.6 is 0 Å². The lowest BCUT2D eigenvalue weighted by Gasteiger charge is -2.25. The molecule has 1 aliphatic rings. The lowest BCUT2D eigenvalue weighted by Crippen LogP contribution is -2.30. The van der Waals surface area contributed by atoms with Crippen LogP contribution in [0.1, 0.15) is 13.3 Å². The molecule has 82 valence electrons. The van der Waals surface area contributed by atoms with E-state index in [0.29, 0.717) is 0 Å². The molecule has 1 aliphatic carbocycles. The van der Waals surface area contributed by atoms with Crippen LogP contribution in [0.2, 0.25) is 0 Å². The second kappa shape index (κ2) is 3.76. The molecule has 1 rings (SSSR count). The van der Waals surface area contributed by atoms with Crippen molar-refractivity contribution >= 4 is 11.9 Å². The predicted molar refractivity (Wildman–Crippen MR) is 51.2 cm³/mol. The van der Waals surface area contributed by atoms with Crippen LogP contribution < -0.4 is 0 Å². The summed E-state index contributed by atoms with van der Waals surface area (Å²) < 4.78 is 4.86. The van der Waals surface area contributed by atoms with Gasteiger partial charge in [0.05, 0.1) is 18.1 Å². The predicted octanol–water partition coefficient (Wildman–Crippen LogP) is 1.02. The molecule has 1 unspecified atom stereocenters. The van der Waals surface area contributed by atoms with Crippen molar-refractivity contribution in [1.29, 1.82) is 0 Å². The summed E-state index contributed by atoms with van der Waals surface area (Å²) in [7, 11) is 1.35. The summed E-state index contributed by atoms with van der Waals surface area (Å²) >= 11 is 0. The van der Waals surface area contributed by atoms with Crippen LogP contribution in [0.3, 0.4) is 0 Å². The SMILES string of the molecule is COC1=C(C(=O)O)CC(C)(C(=O)O)C=C1. The van der Waals surface area contributed by atoms with Crippen LogP contribution in [0.25, 0.3) is 0 Å². The fourth-order valence-electron chi connectivity index (χ4n) is 1.39. The number of carboxylic acid groups (broad SMARTS) is 2. The average Bonchev–Trinajstić information content (AvgIpc) is 2.17. The molecule has 15 heavy (non-hydrogen) atoms. The van der Waals surface area contributed by atoms with Crippen molar-refractivity contribution in [3.8, 4) is 0 Å². The quantitative estimate of drug-likeness (QED) is 0.729. The van der Waals surface area contributed by atoms with E-state index in [4.69, 9.17) is 14.9 Å². The zero-order valence-electron chi connectivity index (χ0n) is 8.48. The molecule has 0 fully saturated rings. The minimum Gasteiger partial charge on any atom is -0.496 e. The Hall–Kier alpha value is -1.78. The Morgan fingerprint density at radius 3 is 2.47 bits per heavy atom. The van der Waals surface area contributed by atoms with Crippen molar-refractivity contribution < 1.29 is 24.5 Å². The summed E-state index contributed by atoms with van der Waals surface area (Å²) in [6.07, 6.45) is 2.76. The van der Waals surface area contributed by atoms with E-state index >= 15 is 0 Å². The van der Waals surface area contributed by atoms with Crippen LogP contribution in [0.5, 0.6) is 0 Å². The second-order valence-corrected chi connectivity index (χ2v) is 3.58. The van der Waals surface area contributed by atoms with Gasteiger partial charge < -0.3 is 14.9 Å². The monoisotopic (exact) mass is 212 g/mol. The van der Waals surface area contributed by atoms with Crippen molar-refractivity contribution in [1.82, 2.24) is 0 Å². The number of carbonyl (C=O) groups is 2. The minimum absolute atomic E-state index is 0.00935. The molecule has 0 heterocycles. The third-order valence-electron chi connectivity index (χ3n) is 2.41. The summed E-state index contributed by atoms with van der Waals surface area (Å²) in [6, 6.07) is 0. The smallest absolute Gasteiger partial charge is 0.335 e. The highest BCUT2D eigenvalue weighted by Gasteiger charge is 2.37.